The lowest BCUT2D eigenvalue weighted by Crippen LogP contribution is -2.64. The molecule has 0 saturated carbocycles. The lowest BCUT2D eigenvalue weighted by atomic mass is 9.86. The van der Waals surface area contributed by atoms with Crippen LogP contribution < -0.4 is 10.6 Å². The second-order valence-electron chi connectivity index (χ2n) is 9.51. The number of piperidine rings is 1. The fraction of sp³-hybridized carbons (Fsp3) is 0.480. The van der Waals surface area contributed by atoms with Gasteiger partial charge in [-0.25, -0.2) is 9.50 Å². The Bertz CT molecular complexity index is 1280. The number of aromatic nitrogens is 3. The van der Waals surface area contributed by atoms with Gasteiger partial charge in [-0.05, 0) is 57.6 Å². The van der Waals surface area contributed by atoms with Gasteiger partial charge >= 0.3 is 0 Å². The highest BCUT2D eigenvalue weighted by Gasteiger charge is 2.44. The highest BCUT2D eigenvalue weighted by molar-refractivity contribution is 7.12. The number of fused-ring (bicyclic) bond motifs is 1. The average molecular weight is 510 g/mol. The van der Waals surface area contributed by atoms with Crippen molar-refractivity contribution >= 4 is 34.7 Å². The Hall–Kier alpha value is -3.31. The summed E-state index contributed by atoms with van der Waals surface area (Å²) in [5, 5.41) is 12.7. The number of hydrogen-bond acceptors (Lipinski definition) is 7. The Kier molecular flexibility index (Phi) is 6.76. The molecule has 0 atom stereocenters. The maximum atomic E-state index is 13.9. The van der Waals surface area contributed by atoms with Crippen molar-refractivity contribution in [3.8, 4) is 0 Å². The van der Waals surface area contributed by atoms with E-state index in [0.717, 1.165) is 5.69 Å². The first-order valence-corrected chi connectivity index (χ1v) is 13.2. The summed E-state index contributed by atoms with van der Waals surface area (Å²) >= 11 is 1.43. The Balaban J connectivity index is 1.34. The Morgan fingerprint density at radius 2 is 1.83 bits per heavy atom. The molecular weight excluding hydrogens is 478 g/mol. The first kappa shape index (κ1) is 24.4. The van der Waals surface area contributed by atoms with Gasteiger partial charge in [-0.1, -0.05) is 6.07 Å². The van der Waals surface area contributed by atoms with E-state index in [1.807, 2.05) is 47.2 Å². The van der Waals surface area contributed by atoms with Crippen molar-refractivity contribution in [1.29, 1.82) is 0 Å². The molecule has 190 valence electrons. The third-order valence-corrected chi connectivity index (χ3v) is 7.97. The second-order valence-corrected chi connectivity index (χ2v) is 10.5. The van der Waals surface area contributed by atoms with Gasteiger partial charge in [0, 0.05) is 38.4 Å². The van der Waals surface area contributed by atoms with E-state index in [0.29, 0.717) is 80.3 Å². The fourth-order valence-corrected chi connectivity index (χ4v) is 5.79. The SMILES string of the molecule is Cc1cc2ncc(C(=O)NC3(C(=O)N4CCCN(C(=O)c5cccs5)CC4)CCNCC3)c(C)n2n1. The predicted molar refractivity (Wildman–Crippen MR) is 136 cm³/mol. The van der Waals surface area contributed by atoms with Crippen molar-refractivity contribution < 1.29 is 14.4 Å². The summed E-state index contributed by atoms with van der Waals surface area (Å²) in [6.45, 7) is 7.07. The molecule has 0 aliphatic carbocycles. The lowest BCUT2D eigenvalue weighted by molar-refractivity contribution is -0.139. The fourth-order valence-electron chi connectivity index (χ4n) is 5.10. The summed E-state index contributed by atoms with van der Waals surface area (Å²) in [5.74, 6) is -0.393. The first-order chi connectivity index (χ1) is 17.4. The maximum Gasteiger partial charge on any atom is 0.263 e. The third kappa shape index (κ3) is 4.60. The molecule has 0 aromatic carbocycles. The van der Waals surface area contributed by atoms with Gasteiger partial charge in [0.15, 0.2) is 5.65 Å². The zero-order valence-corrected chi connectivity index (χ0v) is 21.4. The van der Waals surface area contributed by atoms with E-state index in [4.69, 9.17) is 0 Å². The number of aryl methyl sites for hydroxylation is 2. The van der Waals surface area contributed by atoms with Gasteiger partial charge < -0.3 is 20.4 Å². The monoisotopic (exact) mass is 509 g/mol. The van der Waals surface area contributed by atoms with Gasteiger partial charge in [-0.2, -0.15) is 5.10 Å². The molecule has 2 N–H and O–H groups in total. The molecule has 2 aliphatic heterocycles. The highest BCUT2D eigenvalue weighted by atomic mass is 32.1. The van der Waals surface area contributed by atoms with Gasteiger partial charge in [0.25, 0.3) is 11.8 Å². The molecule has 3 aromatic rings. The first-order valence-electron chi connectivity index (χ1n) is 12.4. The minimum absolute atomic E-state index is 0.0106. The number of amides is 3. The third-order valence-electron chi connectivity index (χ3n) is 7.11. The molecule has 0 radical (unpaired) electrons. The van der Waals surface area contributed by atoms with Crippen molar-refractivity contribution in [3.05, 3.63) is 51.6 Å². The van der Waals surface area contributed by atoms with Crippen molar-refractivity contribution in [3.63, 3.8) is 0 Å². The van der Waals surface area contributed by atoms with Crippen LogP contribution in [0, 0.1) is 13.8 Å². The lowest BCUT2D eigenvalue weighted by Gasteiger charge is -2.40. The van der Waals surface area contributed by atoms with Crippen LogP contribution in [0.2, 0.25) is 0 Å². The van der Waals surface area contributed by atoms with Crippen LogP contribution >= 0.6 is 11.3 Å². The van der Waals surface area contributed by atoms with Gasteiger partial charge in [0.2, 0.25) is 5.91 Å². The van der Waals surface area contributed by atoms with Crippen molar-refractivity contribution in [2.45, 2.75) is 38.6 Å². The van der Waals surface area contributed by atoms with E-state index in [1.54, 1.807) is 10.7 Å². The van der Waals surface area contributed by atoms with Gasteiger partial charge in [-0.3, -0.25) is 14.4 Å². The van der Waals surface area contributed by atoms with Crippen LogP contribution in [0.4, 0.5) is 0 Å². The zero-order valence-electron chi connectivity index (χ0n) is 20.6. The quantitative estimate of drug-likeness (QED) is 0.553. The average Bonchev–Trinajstić information content (AvgIpc) is 3.48. The molecule has 0 spiro atoms. The summed E-state index contributed by atoms with van der Waals surface area (Å²) < 4.78 is 1.66. The summed E-state index contributed by atoms with van der Waals surface area (Å²) in [6.07, 6.45) is 3.26. The predicted octanol–water partition coefficient (Wildman–Crippen LogP) is 1.63. The van der Waals surface area contributed by atoms with E-state index < -0.39 is 5.54 Å². The van der Waals surface area contributed by atoms with Crippen LogP contribution in [0.15, 0.2) is 29.8 Å². The van der Waals surface area contributed by atoms with Crippen molar-refractivity contribution in [2.24, 2.45) is 0 Å². The summed E-state index contributed by atoms with van der Waals surface area (Å²) in [5.41, 5.74) is 1.58. The second kappa shape index (κ2) is 9.98. The maximum absolute atomic E-state index is 13.9. The number of carbonyl (C=O) groups is 3. The van der Waals surface area contributed by atoms with E-state index >= 15 is 0 Å². The highest BCUT2D eigenvalue weighted by Crippen LogP contribution is 2.24. The molecule has 0 unspecified atom stereocenters. The molecule has 10 nitrogen and oxygen atoms in total. The van der Waals surface area contributed by atoms with Gasteiger partial charge in [-0.15, -0.1) is 11.3 Å². The molecule has 2 fully saturated rings. The van der Waals surface area contributed by atoms with Crippen LogP contribution in [0.5, 0.6) is 0 Å². The van der Waals surface area contributed by atoms with E-state index in [9.17, 15) is 14.4 Å². The van der Waals surface area contributed by atoms with Crippen LogP contribution in [0.1, 0.15) is 50.7 Å². The zero-order chi connectivity index (χ0) is 25.3. The molecule has 5 heterocycles. The van der Waals surface area contributed by atoms with Crippen LogP contribution in [-0.4, -0.2) is 86.9 Å². The van der Waals surface area contributed by atoms with Crippen LogP contribution in [0.3, 0.4) is 0 Å². The Morgan fingerprint density at radius 1 is 1.08 bits per heavy atom. The summed E-state index contributed by atoms with van der Waals surface area (Å²) in [6, 6.07) is 5.56. The molecule has 0 bridgehead atoms. The summed E-state index contributed by atoms with van der Waals surface area (Å²) in [7, 11) is 0. The van der Waals surface area contributed by atoms with E-state index in [-0.39, 0.29) is 17.7 Å². The number of carbonyl (C=O) groups excluding carboxylic acids is 3. The van der Waals surface area contributed by atoms with Crippen LogP contribution in [0.25, 0.3) is 5.65 Å². The van der Waals surface area contributed by atoms with Gasteiger partial charge in [0.1, 0.15) is 5.54 Å². The number of hydrogen-bond donors (Lipinski definition) is 2. The number of rotatable bonds is 4. The molecule has 3 aromatic heterocycles. The van der Waals surface area contributed by atoms with Crippen LogP contribution in [-0.2, 0) is 4.79 Å². The molecule has 3 amide bonds. The molecular formula is C25H31N7O3S. The molecule has 5 rings (SSSR count). The minimum atomic E-state index is -1.00. The largest absolute Gasteiger partial charge is 0.339 e. The normalized spacial score (nSPS) is 18.2. The minimum Gasteiger partial charge on any atom is -0.339 e. The van der Waals surface area contributed by atoms with Crippen molar-refractivity contribution in [1.82, 2.24) is 35.0 Å². The van der Waals surface area contributed by atoms with E-state index in [2.05, 4.69) is 20.7 Å². The molecule has 2 saturated heterocycles. The number of thiophene rings is 1. The summed E-state index contributed by atoms with van der Waals surface area (Å²) in [4.78, 5) is 49.0. The van der Waals surface area contributed by atoms with E-state index in [1.165, 1.54) is 11.3 Å². The van der Waals surface area contributed by atoms with Crippen molar-refractivity contribution in [2.75, 3.05) is 39.3 Å². The topological polar surface area (TPSA) is 112 Å². The van der Waals surface area contributed by atoms with Gasteiger partial charge in [0.05, 0.1) is 21.8 Å². The Morgan fingerprint density at radius 3 is 2.58 bits per heavy atom. The Labute approximate surface area is 213 Å². The molecule has 36 heavy (non-hydrogen) atoms. The number of nitrogens with one attached hydrogen (secondary N) is 2. The molecule has 2 aliphatic rings. The standard InChI is InChI=1S/C25H31N7O3S/c1-17-15-21-27-16-19(18(2)32(21)29-17)22(33)28-25(6-8-26-9-7-25)24(35)31-11-4-10-30(12-13-31)23(34)20-5-3-14-36-20/h3,5,14-16,26H,4,6-13H2,1-2H3,(H,28,33). The molecule has 11 heteroatoms. The smallest absolute Gasteiger partial charge is 0.263 e. The number of nitrogens with zero attached hydrogens (tertiary/aromatic N) is 5.